The number of likely N-dealkylation sites (N-methyl/N-ethyl adjacent to an activating group) is 5. The van der Waals surface area contributed by atoms with Crippen molar-refractivity contribution in [2.75, 3.05) is 66.4 Å². The van der Waals surface area contributed by atoms with Crippen molar-refractivity contribution in [3.05, 3.63) is 203 Å². The number of unbranched alkanes of at least 4 members (excludes halogenated alkanes) is 1. The maximum Gasteiger partial charge on any atom is 0.416 e. The molecule has 8 rings (SSSR count). The molecule has 1 aromatic heterocycles. The van der Waals surface area contributed by atoms with Gasteiger partial charge in [0, 0.05) is 96.6 Å². The molecule has 7 aromatic rings. The average Bonchev–Trinajstić information content (AvgIpc) is 1.65. The van der Waals surface area contributed by atoms with Crippen LogP contribution in [0.3, 0.4) is 0 Å². The Balaban J connectivity index is 1.22. The highest BCUT2D eigenvalue weighted by molar-refractivity contribution is 8.00. The number of alkyl halides is 3. The van der Waals surface area contributed by atoms with Gasteiger partial charge >= 0.3 is 12.1 Å². The molecule has 0 aliphatic carbocycles. The number of fused-ring (bicyclic) bond motifs is 1. The Hall–Kier alpha value is -13.9. The summed E-state index contributed by atoms with van der Waals surface area (Å²) in [4.78, 5) is 243. The number of aromatic hydroxyl groups is 2. The van der Waals surface area contributed by atoms with Crippen LogP contribution in [0.4, 0.5) is 13.2 Å². The molecule has 0 unspecified atom stereocenters. The number of nitrogens with zero attached hydrogens (tertiary/aromatic N) is 5. The highest BCUT2D eigenvalue weighted by atomic mass is 32.2. The molecular weight excluding hydrogens is 1750 g/mol. The molecular formula is C94H117F3N16O19S. The zero-order valence-electron chi connectivity index (χ0n) is 75.6. The van der Waals surface area contributed by atoms with Crippen molar-refractivity contribution in [1.82, 2.24) is 77.3 Å². The number of nitrogens with two attached hydrogens (primary N) is 1. The van der Waals surface area contributed by atoms with Gasteiger partial charge < -0.3 is 98.4 Å². The minimum atomic E-state index is -4.80. The van der Waals surface area contributed by atoms with Crippen LogP contribution in [-0.4, -0.2) is 272 Å². The van der Waals surface area contributed by atoms with Gasteiger partial charge in [0.05, 0.1) is 37.4 Å². The smallest absolute Gasteiger partial charge is 0.416 e. The van der Waals surface area contributed by atoms with E-state index >= 15 is 38.4 Å². The van der Waals surface area contributed by atoms with E-state index in [1.165, 1.54) is 97.6 Å². The van der Waals surface area contributed by atoms with Crippen LogP contribution in [0.25, 0.3) is 10.9 Å². The summed E-state index contributed by atoms with van der Waals surface area (Å²) in [6.45, 7) is 5.83. The lowest BCUT2D eigenvalue weighted by Gasteiger charge is -2.37. The number of aliphatic carboxylic acids is 1. The van der Waals surface area contributed by atoms with E-state index in [1.54, 1.807) is 112 Å². The number of carbonyl (C=O) groups excluding carboxylic acids is 15. The van der Waals surface area contributed by atoms with Gasteiger partial charge in [-0.2, -0.15) is 13.2 Å². The molecule has 1 saturated heterocycles. The van der Waals surface area contributed by atoms with Crippen LogP contribution in [0.5, 0.6) is 11.5 Å². The fourth-order valence-corrected chi connectivity index (χ4v) is 16.0. The Bertz CT molecular complexity index is 5250. The average molecular weight is 1860 g/mol. The Morgan fingerprint density at radius 2 is 0.932 bits per heavy atom. The van der Waals surface area contributed by atoms with E-state index < -0.39 is 229 Å². The third kappa shape index (κ3) is 31.4. The number of aromatic nitrogens is 1. The Kier molecular flexibility index (Phi) is 38.8. The van der Waals surface area contributed by atoms with E-state index in [1.807, 2.05) is 0 Å². The predicted molar refractivity (Wildman–Crippen MR) is 487 cm³/mol. The number of carboxylic acid groups (broad SMARTS) is 1. The van der Waals surface area contributed by atoms with Gasteiger partial charge in [0.1, 0.15) is 78.0 Å². The molecule has 39 heteroatoms. The Labute approximate surface area is 772 Å². The van der Waals surface area contributed by atoms with Crippen molar-refractivity contribution < 1.29 is 105 Å². The summed E-state index contributed by atoms with van der Waals surface area (Å²) >= 11 is 0.709. The van der Waals surface area contributed by atoms with Gasteiger partial charge in [-0.15, -0.1) is 11.8 Å². The fourth-order valence-electron chi connectivity index (χ4n) is 15.2. The first-order chi connectivity index (χ1) is 63.0. The van der Waals surface area contributed by atoms with E-state index in [0.717, 1.165) is 48.8 Å². The van der Waals surface area contributed by atoms with Crippen LogP contribution in [0, 0.1) is 11.8 Å². The standard InChI is InChI=1S/C94H117F3N16O19S/c1-11-12-27-74-91(130)110(7)51-79(118)102-70(47-81(120)121)87(126)108-82(55(4)5)93(132)112(9)75(44-56-21-15-13-16-22-56)88(127)106-71(42-60-32-38-64(115)39-33-60)89(128)109(6)50-78(117)101-69(46-61-48-99-66-26-20-19-25-65(61)66)86(125)105-68(41-59-30-36-63(114)37-31-59)85(124)104-67(40-54(2)3)84(123)107-73(83(122)100-49-77(98)116)52-133-53-80(119)103-72(43-58-28-34-62(35-29-58)94(95,96)97)90(129)113(10)76(92(131)111(74)8)45-57-23-17-14-18-24-57/h13-26,28-39,48,54-55,67-76,82,99,114-115H,11-12,27,40-47,49-53H2,1-10H3,(H2,98,116)(H,100,122)(H,101,117)(H,102,118)(H,103,119)(H,104,124)(H,105,125)(H,106,127)(H,107,123)(H,108,126)(H,120,121)/t67-,68-,69-,70-,71-,72-,73-,74-,75-,76-,82-/m0/s1. The molecule has 714 valence electrons. The number of rotatable bonds is 23. The van der Waals surface area contributed by atoms with Crippen molar-refractivity contribution >= 4 is 117 Å². The zero-order chi connectivity index (χ0) is 97.7. The SMILES string of the molecule is CCCC[C@H]1C(=O)N(C)CC(=O)N[C@@H](CC(=O)O)C(=O)N[C@@H](C(C)C)C(=O)N(C)[C@@H](Cc2ccccc2)C(=O)N[C@@H](Cc2ccc(O)cc2)C(=O)N(C)CC(=O)N[C@@H](Cc2c[nH]c3ccccc23)C(=O)N[C@@H](Cc2ccc(O)cc2)C(=O)N[C@@H](CC(C)C)C(=O)N[C@H](C(=O)NCC(N)=O)CSCC(=O)N[C@@H](Cc2ccc(C(F)(F)F)cc2)C(=O)N(C)[C@@H](Cc2ccccc2)C(=O)N1C. The topological polar surface area (TPSA) is 500 Å². The second kappa shape index (κ2) is 49.4. The fraction of sp³-hybridized carbons (Fsp3) is 0.426. The number of amides is 15. The van der Waals surface area contributed by atoms with Crippen LogP contribution in [-0.2, 0) is 121 Å². The molecule has 1 fully saturated rings. The monoisotopic (exact) mass is 1860 g/mol. The first-order valence-corrected chi connectivity index (χ1v) is 44.5. The van der Waals surface area contributed by atoms with Gasteiger partial charge in [-0.25, -0.2) is 0 Å². The number of aromatic amines is 1. The van der Waals surface area contributed by atoms with E-state index in [4.69, 9.17) is 5.73 Å². The van der Waals surface area contributed by atoms with Gasteiger partial charge in [-0.3, -0.25) is 76.7 Å². The number of halogens is 3. The zero-order valence-corrected chi connectivity index (χ0v) is 76.5. The van der Waals surface area contributed by atoms with Crippen LogP contribution in [0.1, 0.15) is 106 Å². The molecule has 11 atom stereocenters. The minimum absolute atomic E-state index is 0.0535. The summed E-state index contributed by atoms with van der Waals surface area (Å²) in [6, 6.07) is 20.6. The van der Waals surface area contributed by atoms with Gasteiger partial charge in [0.25, 0.3) is 0 Å². The number of carboxylic acids is 1. The van der Waals surface area contributed by atoms with Gasteiger partial charge in [0.15, 0.2) is 0 Å². The normalized spacial score (nSPS) is 21.8. The first kappa shape index (κ1) is 104. The number of primary amides is 1. The summed E-state index contributed by atoms with van der Waals surface area (Å²) in [5.74, 6) is -19.0. The van der Waals surface area contributed by atoms with Crippen molar-refractivity contribution in [1.29, 1.82) is 0 Å². The minimum Gasteiger partial charge on any atom is -0.508 e. The van der Waals surface area contributed by atoms with E-state index in [-0.39, 0.29) is 62.0 Å². The number of hydrogen-bond acceptors (Lipinski definition) is 19. The third-order valence-corrected chi connectivity index (χ3v) is 23.5. The number of thioether (sulfide) groups is 1. The summed E-state index contributed by atoms with van der Waals surface area (Å²) in [6.07, 6.45) is -5.68. The van der Waals surface area contributed by atoms with E-state index in [0.29, 0.717) is 63.3 Å². The summed E-state index contributed by atoms with van der Waals surface area (Å²) in [5, 5.41) is 55.1. The quantitative estimate of drug-likeness (QED) is 0.0437. The molecule has 133 heavy (non-hydrogen) atoms. The lowest BCUT2D eigenvalue weighted by atomic mass is 9.98. The molecule has 15 N–H and O–H groups in total. The van der Waals surface area contributed by atoms with Gasteiger partial charge in [-0.1, -0.05) is 163 Å². The molecule has 2 heterocycles. The number of H-pyrrole nitrogens is 1. The number of benzene rings is 6. The number of hydrogen-bond donors (Lipinski definition) is 14. The predicted octanol–water partition coefficient (Wildman–Crippen LogP) is 3.35. The van der Waals surface area contributed by atoms with E-state index in [9.17, 15) is 66.8 Å². The summed E-state index contributed by atoms with van der Waals surface area (Å²) in [5.41, 5.74) is 7.31. The molecule has 0 radical (unpaired) electrons. The second-order valence-corrected chi connectivity index (χ2v) is 34.8. The molecule has 0 bridgehead atoms. The van der Waals surface area contributed by atoms with Crippen LogP contribution >= 0.6 is 11.8 Å². The van der Waals surface area contributed by atoms with Crippen molar-refractivity contribution in [2.24, 2.45) is 17.6 Å². The van der Waals surface area contributed by atoms with E-state index in [2.05, 4.69) is 52.8 Å². The van der Waals surface area contributed by atoms with Crippen LogP contribution in [0.2, 0.25) is 0 Å². The lowest BCUT2D eigenvalue weighted by Crippen LogP contribution is -2.61. The number of nitrogens with one attached hydrogen (secondary N) is 10. The second-order valence-electron chi connectivity index (χ2n) is 33.8. The Morgan fingerprint density at radius 3 is 1.47 bits per heavy atom. The molecule has 0 spiro atoms. The highest BCUT2D eigenvalue weighted by Crippen LogP contribution is 2.30. The van der Waals surface area contributed by atoms with Crippen molar-refractivity contribution in [3.63, 3.8) is 0 Å². The summed E-state index contributed by atoms with van der Waals surface area (Å²) < 4.78 is 42.2. The maximum atomic E-state index is 15.5. The molecule has 0 saturated carbocycles. The molecule has 15 amide bonds. The number of phenols is 2. The lowest BCUT2D eigenvalue weighted by molar-refractivity contribution is -0.151. The largest absolute Gasteiger partial charge is 0.508 e. The number of para-hydroxylation sites is 1. The van der Waals surface area contributed by atoms with Gasteiger partial charge in [-0.05, 0) is 101 Å². The van der Waals surface area contributed by atoms with Gasteiger partial charge in [0.2, 0.25) is 88.6 Å². The maximum absolute atomic E-state index is 15.5. The molecule has 35 nitrogen and oxygen atoms in total. The van der Waals surface area contributed by atoms with Crippen molar-refractivity contribution in [3.8, 4) is 11.5 Å². The first-order valence-electron chi connectivity index (χ1n) is 43.4. The number of phenolic OH excluding ortho intramolecular Hbond substituents is 2. The number of carbonyl (C=O) groups is 16. The Morgan fingerprint density at radius 1 is 0.481 bits per heavy atom. The highest BCUT2D eigenvalue weighted by Gasteiger charge is 2.43. The molecule has 1 aliphatic heterocycles. The molecule has 1 aliphatic rings. The van der Waals surface area contributed by atoms with Crippen LogP contribution in [0.15, 0.2) is 164 Å². The van der Waals surface area contributed by atoms with Crippen molar-refractivity contribution in [2.45, 2.75) is 178 Å². The summed E-state index contributed by atoms with van der Waals surface area (Å²) in [7, 11) is 6.21. The third-order valence-electron chi connectivity index (χ3n) is 22.5. The van der Waals surface area contributed by atoms with Crippen LogP contribution < -0.4 is 53.6 Å². The molecule has 6 aromatic carbocycles.